The van der Waals surface area contributed by atoms with Crippen LogP contribution in [0.5, 0.6) is 0 Å². The van der Waals surface area contributed by atoms with Crippen LogP contribution in [-0.4, -0.2) is 86.8 Å². The molecule has 0 aromatic rings. The van der Waals surface area contributed by atoms with Crippen molar-refractivity contribution in [2.75, 3.05) is 39.6 Å². The van der Waals surface area contributed by atoms with E-state index in [1.165, 1.54) is 26.2 Å². The molecule has 5 atom stereocenters. The Bertz CT molecular complexity index is 930. The van der Waals surface area contributed by atoms with Crippen molar-refractivity contribution in [1.29, 1.82) is 0 Å². The fraction of sp³-hybridized carbons (Fsp3) is 0.974. The van der Waals surface area contributed by atoms with Crippen molar-refractivity contribution in [3.8, 4) is 0 Å². The number of ether oxygens (including phenoxy) is 6. The molecule has 5 fully saturated rings. The fourth-order valence-corrected chi connectivity index (χ4v) is 8.81. The molecule has 0 radical (unpaired) electrons. The molecule has 1 aliphatic heterocycles. The van der Waals surface area contributed by atoms with E-state index < -0.39 is 42.1 Å². The summed E-state index contributed by atoms with van der Waals surface area (Å²) in [7, 11) is 0. The zero-order chi connectivity index (χ0) is 33.8. The third-order valence-corrected chi connectivity index (χ3v) is 11.8. The highest BCUT2D eigenvalue weighted by molar-refractivity contribution is 5.79. The van der Waals surface area contributed by atoms with E-state index in [1.54, 1.807) is 0 Å². The van der Waals surface area contributed by atoms with Gasteiger partial charge in [-0.15, -0.1) is 0 Å². The van der Waals surface area contributed by atoms with Crippen LogP contribution in [0.15, 0.2) is 0 Å². The first-order valence-electron chi connectivity index (χ1n) is 19.7. The van der Waals surface area contributed by atoms with Gasteiger partial charge in [-0.25, -0.2) is 4.79 Å². The largest absolute Gasteiger partial charge is 0.461 e. The average Bonchev–Trinajstić information content (AvgIpc) is 3.11. The SMILES string of the molecule is CCOC(=O)C(F)(F)[C@]1(O)O[C@H](COCC2CCCCC2)[C@@H](OCC2CCCCC2)[C@H](OCC2CCCCC2)[C@H]1OCC1CCCCC1. The summed E-state index contributed by atoms with van der Waals surface area (Å²) in [5.74, 6) is -8.42. The molecule has 1 heterocycles. The van der Waals surface area contributed by atoms with E-state index in [2.05, 4.69) is 0 Å². The molecule has 5 aliphatic rings. The number of hydrogen-bond acceptors (Lipinski definition) is 8. The van der Waals surface area contributed by atoms with Gasteiger partial charge in [0.2, 0.25) is 0 Å². The first-order chi connectivity index (χ1) is 23.3. The van der Waals surface area contributed by atoms with Crippen molar-refractivity contribution < 1.29 is 47.1 Å². The number of hydrogen-bond donors (Lipinski definition) is 1. The van der Waals surface area contributed by atoms with Crippen LogP contribution in [0.2, 0.25) is 0 Å². The van der Waals surface area contributed by atoms with Crippen molar-refractivity contribution >= 4 is 5.97 Å². The lowest BCUT2D eigenvalue weighted by Crippen LogP contribution is -2.74. The Morgan fingerprint density at radius 3 is 1.52 bits per heavy atom. The molecule has 48 heavy (non-hydrogen) atoms. The molecule has 10 heteroatoms. The molecule has 0 amide bonds. The van der Waals surface area contributed by atoms with E-state index in [-0.39, 0.29) is 31.7 Å². The first-order valence-corrected chi connectivity index (χ1v) is 19.7. The monoisotopic (exact) mass is 686 g/mol. The van der Waals surface area contributed by atoms with E-state index in [1.807, 2.05) is 0 Å². The lowest BCUT2D eigenvalue weighted by Gasteiger charge is -2.52. The number of halogens is 2. The van der Waals surface area contributed by atoms with Crippen LogP contribution in [0.1, 0.15) is 135 Å². The minimum Gasteiger partial charge on any atom is -0.461 e. The summed E-state index contributed by atoms with van der Waals surface area (Å²) in [6, 6.07) is 0. The predicted octanol–water partition coefficient (Wildman–Crippen LogP) is 7.77. The fourth-order valence-electron chi connectivity index (χ4n) is 8.81. The van der Waals surface area contributed by atoms with E-state index in [0.29, 0.717) is 31.7 Å². The molecule has 0 spiro atoms. The Labute approximate surface area is 287 Å². The van der Waals surface area contributed by atoms with Gasteiger partial charge >= 0.3 is 11.9 Å². The molecular formula is C38H64F2O8. The van der Waals surface area contributed by atoms with Crippen molar-refractivity contribution in [2.45, 2.75) is 171 Å². The Kier molecular flexibility index (Phi) is 15.2. The molecule has 0 bridgehead atoms. The molecule has 0 unspecified atom stereocenters. The number of alkyl halides is 2. The van der Waals surface area contributed by atoms with Crippen LogP contribution in [0.3, 0.4) is 0 Å². The van der Waals surface area contributed by atoms with Gasteiger partial charge < -0.3 is 33.5 Å². The second kappa shape index (κ2) is 19.1. The van der Waals surface area contributed by atoms with Gasteiger partial charge in [-0.2, -0.15) is 8.78 Å². The summed E-state index contributed by atoms with van der Waals surface area (Å²) in [5.41, 5.74) is 0. The Morgan fingerprint density at radius 2 is 1.06 bits per heavy atom. The molecule has 1 saturated heterocycles. The zero-order valence-corrected chi connectivity index (χ0v) is 29.6. The summed E-state index contributed by atoms with van der Waals surface area (Å²) >= 11 is 0. The molecule has 5 rings (SSSR count). The minimum atomic E-state index is -4.43. The van der Waals surface area contributed by atoms with Crippen LogP contribution in [0.4, 0.5) is 8.78 Å². The maximum absolute atomic E-state index is 16.4. The van der Waals surface area contributed by atoms with Gasteiger partial charge in [-0.05, 0) is 82.0 Å². The normalized spacial score (nSPS) is 32.3. The van der Waals surface area contributed by atoms with E-state index in [4.69, 9.17) is 28.4 Å². The summed E-state index contributed by atoms with van der Waals surface area (Å²) in [5, 5.41) is 12.2. The third kappa shape index (κ3) is 10.1. The van der Waals surface area contributed by atoms with Crippen LogP contribution in [0.25, 0.3) is 0 Å². The van der Waals surface area contributed by atoms with Gasteiger partial charge in [-0.1, -0.05) is 77.0 Å². The lowest BCUT2D eigenvalue weighted by atomic mass is 9.86. The van der Waals surface area contributed by atoms with Gasteiger partial charge in [-0.3, -0.25) is 0 Å². The topological polar surface area (TPSA) is 92.7 Å². The first kappa shape index (κ1) is 38.3. The highest BCUT2D eigenvalue weighted by Gasteiger charge is 2.72. The molecule has 278 valence electrons. The van der Waals surface area contributed by atoms with Gasteiger partial charge in [0, 0.05) is 6.61 Å². The predicted molar refractivity (Wildman–Crippen MR) is 178 cm³/mol. The quantitative estimate of drug-likeness (QED) is 0.165. The van der Waals surface area contributed by atoms with Gasteiger partial charge in [0.1, 0.15) is 24.4 Å². The second-order valence-electron chi connectivity index (χ2n) is 15.6. The lowest BCUT2D eigenvalue weighted by molar-refractivity contribution is -0.416. The van der Waals surface area contributed by atoms with Gasteiger partial charge in [0.05, 0.1) is 33.0 Å². The number of esters is 1. The number of carbonyl (C=O) groups is 1. The number of rotatable bonds is 16. The second-order valence-corrected chi connectivity index (χ2v) is 15.6. The van der Waals surface area contributed by atoms with Crippen LogP contribution in [-0.2, 0) is 33.2 Å². The standard InChI is InChI=1S/C38H64F2O8/c1-2-44-36(41)37(39,40)38(42)35(47-26-31-21-13-6-14-22-31)34(46-25-30-19-11-5-12-20-30)33(45-24-29-17-9-4-10-18-29)32(48-38)27-43-23-28-15-7-3-8-16-28/h28-35,42H,2-27H2,1H3/t32-,33-,34+,35-,38-/m1/s1. The molecular weight excluding hydrogens is 622 g/mol. The summed E-state index contributed by atoms with van der Waals surface area (Å²) in [6.45, 7) is 2.57. The van der Waals surface area contributed by atoms with Crippen molar-refractivity contribution in [3.63, 3.8) is 0 Å². The molecule has 0 aromatic heterocycles. The maximum atomic E-state index is 16.4. The van der Waals surface area contributed by atoms with Crippen LogP contribution >= 0.6 is 0 Å². The highest BCUT2D eigenvalue weighted by atomic mass is 19.3. The van der Waals surface area contributed by atoms with Gasteiger partial charge in [0.15, 0.2) is 0 Å². The summed E-state index contributed by atoms with van der Waals surface area (Å²) in [4.78, 5) is 12.9. The van der Waals surface area contributed by atoms with Crippen molar-refractivity contribution in [1.82, 2.24) is 0 Å². The highest BCUT2D eigenvalue weighted by Crippen LogP contribution is 2.45. The van der Waals surface area contributed by atoms with E-state index >= 15 is 8.78 Å². The molecule has 4 aliphatic carbocycles. The number of aliphatic hydroxyl groups is 1. The summed E-state index contributed by atoms with van der Waals surface area (Å²) in [6.07, 6.45) is 17.1. The van der Waals surface area contributed by atoms with Crippen molar-refractivity contribution in [3.05, 3.63) is 0 Å². The average molecular weight is 687 g/mol. The number of carbonyl (C=O) groups excluding carboxylic acids is 1. The minimum absolute atomic E-state index is 0.0638. The van der Waals surface area contributed by atoms with Gasteiger partial charge in [0.25, 0.3) is 5.79 Å². The Hall–Kier alpha value is -0.910. The maximum Gasteiger partial charge on any atom is 0.397 e. The van der Waals surface area contributed by atoms with Crippen LogP contribution < -0.4 is 0 Å². The van der Waals surface area contributed by atoms with Crippen LogP contribution in [0, 0.1) is 23.7 Å². The summed E-state index contributed by atoms with van der Waals surface area (Å²) < 4.78 is 69.6. The molecule has 0 aromatic carbocycles. The smallest absolute Gasteiger partial charge is 0.397 e. The Balaban J connectivity index is 1.45. The van der Waals surface area contributed by atoms with E-state index in [9.17, 15) is 9.90 Å². The molecule has 8 nitrogen and oxygen atoms in total. The molecule has 4 saturated carbocycles. The molecule has 1 N–H and O–H groups in total. The Morgan fingerprint density at radius 1 is 0.646 bits per heavy atom. The third-order valence-electron chi connectivity index (χ3n) is 11.8. The zero-order valence-electron chi connectivity index (χ0n) is 29.6. The van der Waals surface area contributed by atoms with E-state index in [0.717, 1.165) is 109 Å². The van der Waals surface area contributed by atoms with Crippen molar-refractivity contribution in [2.24, 2.45) is 23.7 Å².